The van der Waals surface area contributed by atoms with Crippen molar-refractivity contribution in [3.05, 3.63) is 34.2 Å². The molecule has 1 aliphatic rings. The number of nitrogens with zero attached hydrogens (tertiary/aromatic N) is 1. The van der Waals surface area contributed by atoms with Gasteiger partial charge in [-0.3, -0.25) is 9.59 Å². The molecule has 1 unspecified atom stereocenters. The van der Waals surface area contributed by atoms with Crippen molar-refractivity contribution in [1.29, 1.82) is 0 Å². The van der Waals surface area contributed by atoms with Gasteiger partial charge in [-0.05, 0) is 31.1 Å². The van der Waals surface area contributed by atoms with Gasteiger partial charge in [-0.15, -0.1) is 0 Å². The number of nitrogens with one attached hydrogen (secondary N) is 1. The third-order valence-electron chi connectivity index (χ3n) is 4.06. The van der Waals surface area contributed by atoms with Crippen molar-refractivity contribution in [3.8, 4) is 0 Å². The predicted octanol–water partition coefficient (Wildman–Crippen LogP) is 2.27. The molecule has 0 spiro atoms. The van der Waals surface area contributed by atoms with E-state index in [2.05, 4.69) is 18.8 Å². The molecule has 1 amide bonds. The molecule has 2 rings (SSSR count). The Balaban J connectivity index is 2.09. The van der Waals surface area contributed by atoms with E-state index in [9.17, 15) is 9.59 Å². The zero-order valence-corrected chi connectivity index (χ0v) is 11.7. The Bertz CT molecular complexity index is 493. The van der Waals surface area contributed by atoms with Gasteiger partial charge in [0.05, 0.1) is 0 Å². The standard InChI is InChI=1S/C15H22N2O2/c1-11(2)12-4-3-8-17(9-6-12)15(19)13-10-16-7-5-14(13)18/h5,7,10-12H,3-4,6,8-9H2,1-2H3,(H,16,18). The zero-order chi connectivity index (χ0) is 13.8. The first kappa shape index (κ1) is 13.8. The van der Waals surface area contributed by atoms with Crippen LogP contribution in [0.25, 0.3) is 0 Å². The molecule has 0 saturated carbocycles. The summed E-state index contributed by atoms with van der Waals surface area (Å²) in [4.78, 5) is 28.7. The third-order valence-corrected chi connectivity index (χ3v) is 4.06. The maximum atomic E-state index is 12.4. The topological polar surface area (TPSA) is 53.2 Å². The summed E-state index contributed by atoms with van der Waals surface area (Å²) in [7, 11) is 0. The van der Waals surface area contributed by atoms with Crippen LogP contribution in [0.15, 0.2) is 23.3 Å². The molecule has 2 heterocycles. The Morgan fingerprint density at radius 2 is 2.16 bits per heavy atom. The summed E-state index contributed by atoms with van der Waals surface area (Å²) in [6, 6.07) is 1.40. The highest BCUT2D eigenvalue weighted by Crippen LogP contribution is 2.24. The van der Waals surface area contributed by atoms with E-state index in [0.29, 0.717) is 11.8 Å². The van der Waals surface area contributed by atoms with Crippen molar-refractivity contribution < 1.29 is 4.79 Å². The Morgan fingerprint density at radius 1 is 1.37 bits per heavy atom. The van der Waals surface area contributed by atoms with Gasteiger partial charge in [0.15, 0.2) is 5.43 Å². The predicted molar refractivity (Wildman–Crippen MR) is 75.1 cm³/mol. The van der Waals surface area contributed by atoms with Crippen LogP contribution in [-0.2, 0) is 0 Å². The lowest BCUT2D eigenvalue weighted by atomic mass is 9.89. The monoisotopic (exact) mass is 262 g/mol. The SMILES string of the molecule is CC(C)C1CCCN(C(=O)c2c[nH]ccc2=O)CC1. The van der Waals surface area contributed by atoms with Gasteiger partial charge < -0.3 is 9.88 Å². The van der Waals surface area contributed by atoms with Gasteiger partial charge in [0.1, 0.15) is 5.56 Å². The number of pyridine rings is 1. The maximum Gasteiger partial charge on any atom is 0.259 e. The lowest BCUT2D eigenvalue weighted by Crippen LogP contribution is -2.35. The molecule has 1 atom stereocenters. The van der Waals surface area contributed by atoms with Gasteiger partial charge in [-0.2, -0.15) is 0 Å². The fourth-order valence-corrected chi connectivity index (χ4v) is 2.75. The van der Waals surface area contributed by atoms with Gasteiger partial charge in [0, 0.05) is 31.5 Å². The quantitative estimate of drug-likeness (QED) is 0.889. The number of aromatic amines is 1. The average molecular weight is 262 g/mol. The normalized spacial score (nSPS) is 20.4. The number of hydrogen-bond donors (Lipinski definition) is 1. The van der Waals surface area contributed by atoms with Crippen LogP contribution >= 0.6 is 0 Å². The molecule has 1 aromatic heterocycles. The van der Waals surface area contributed by atoms with E-state index in [0.717, 1.165) is 25.9 Å². The van der Waals surface area contributed by atoms with Gasteiger partial charge in [-0.25, -0.2) is 0 Å². The lowest BCUT2D eigenvalue weighted by molar-refractivity contribution is 0.0757. The first-order chi connectivity index (χ1) is 9.09. The van der Waals surface area contributed by atoms with Crippen LogP contribution in [0.5, 0.6) is 0 Å². The first-order valence-electron chi connectivity index (χ1n) is 7.06. The molecule has 1 saturated heterocycles. The van der Waals surface area contributed by atoms with Crippen LogP contribution in [0, 0.1) is 11.8 Å². The minimum Gasteiger partial charge on any atom is -0.367 e. The smallest absolute Gasteiger partial charge is 0.259 e. The highest BCUT2D eigenvalue weighted by atomic mass is 16.2. The van der Waals surface area contributed by atoms with Gasteiger partial charge in [0.2, 0.25) is 0 Å². The zero-order valence-electron chi connectivity index (χ0n) is 11.7. The van der Waals surface area contributed by atoms with Gasteiger partial charge in [0.25, 0.3) is 5.91 Å². The number of rotatable bonds is 2. The number of hydrogen-bond acceptors (Lipinski definition) is 2. The molecule has 0 aromatic carbocycles. The summed E-state index contributed by atoms with van der Waals surface area (Å²) >= 11 is 0. The second kappa shape index (κ2) is 6.04. The van der Waals surface area contributed by atoms with E-state index in [-0.39, 0.29) is 16.9 Å². The van der Waals surface area contributed by atoms with Crippen molar-refractivity contribution >= 4 is 5.91 Å². The molecule has 0 radical (unpaired) electrons. The number of carbonyl (C=O) groups excluding carboxylic acids is 1. The Labute approximate surface area is 113 Å². The van der Waals surface area contributed by atoms with Crippen LogP contribution in [0.1, 0.15) is 43.5 Å². The van der Waals surface area contributed by atoms with Crippen molar-refractivity contribution in [2.24, 2.45) is 11.8 Å². The van der Waals surface area contributed by atoms with E-state index in [1.807, 2.05) is 4.90 Å². The fourth-order valence-electron chi connectivity index (χ4n) is 2.75. The Kier molecular flexibility index (Phi) is 4.40. The summed E-state index contributed by atoms with van der Waals surface area (Å²) in [6.45, 7) is 6.00. The molecule has 0 bridgehead atoms. The number of aromatic nitrogens is 1. The van der Waals surface area contributed by atoms with Crippen LogP contribution in [-0.4, -0.2) is 28.9 Å². The van der Waals surface area contributed by atoms with E-state index in [1.54, 1.807) is 6.20 Å². The van der Waals surface area contributed by atoms with Crippen molar-refractivity contribution in [3.63, 3.8) is 0 Å². The molecule has 104 valence electrons. The van der Waals surface area contributed by atoms with E-state index < -0.39 is 0 Å². The molecule has 4 nitrogen and oxygen atoms in total. The van der Waals surface area contributed by atoms with Crippen molar-refractivity contribution in [2.75, 3.05) is 13.1 Å². The summed E-state index contributed by atoms with van der Waals surface area (Å²) in [5.74, 6) is 1.22. The number of H-pyrrole nitrogens is 1. The Morgan fingerprint density at radius 3 is 2.84 bits per heavy atom. The summed E-state index contributed by atoms with van der Waals surface area (Å²) in [6.07, 6.45) is 6.30. The van der Waals surface area contributed by atoms with E-state index in [4.69, 9.17) is 0 Å². The molecule has 1 N–H and O–H groups in total. The van der Waals surface area contributed by atoms with E-state index in [1.165, 1.54) is 18.7 Å². The summed E-state index contributed by atoms with van der Waals surface area (Å²) < 4.78 is 0. The second-order valence-electron chi connectivity index (χ2n) is 5.65. The highest BCUT2D eigenvalue weighted by Gasteiger charge is 2.24. The minimum atomic E-state index is -0.201. The van der Waals surface area contributed by atoms with Crippen molar-refractivity contribution in [2.45, 2.75) is 33.1 Å². The molecular formula is C15H22N2O2. The molecular weight excluding hydrogens is 240 g/mol. The largest absolute Gasteiger partial charge is 0.367 e. The minimum absolute atomic E-state index is 0.133. The summed E-state index contributed by atoms with van der Waals surface area (Å²) in [5.41, 5.74) is 0.0545. The highest BCUT2D eigenvalue weighted by molar-refractivity contribution is 5.93. The average Bonchev–Trinajstić information content (AvgIpc) is 2.64. The number of carbonyl (C=O) groups is 1. The molecule has 1 fully saturated rings. The molecule has 1 aromatic rings. The lowest BCUT2D eigenvalue weighted by Gasteiger charge is -2.21. The van der Waals surface area contributed by atoms with Crippen LogP contribution in [0.2, 0.25) is 0 Å². The van der Waals surface area contributed by atoms with Crippen molar-refractivity contribution in [1.82, 2.24) is 9.88 Å². The molecule has 19 heavy (non-hydrogen) atoms. The molecule has 0 aliphatic carbocycles. The van der Waals surface area contributed by atoms with Crippen LogP contribution in [0.4, 0.5) is 0 Å². The first-order valence-corrected chi connectivity index (χ1v) is 7.06. The number of likely N-dealkylation sites (tertiary alicyclic amines) is 1. The Hall–Kier alpha value is -1.58. The summed E-state index contributed by atoms with van der Waals surface area (Å²) in [5, 5.41) is 0. The fraction of sp³-hybridized carbons (Fsp3) is 0.600. The van der Waals surface area contributed by atoms with Gasteiger partial charge >= 0.3 is 0 Å². The van der Waals surface area contributed by atoms with Crippen LogP contribution in [0.3, 0.4) is 0 Å². The molecule has 4 heteroatoms. The molecule has 1 aliphatic heterocycles. The van der Waals surface area contributed by atoms with E-state index >= 15 is 0 Å². The van der Waals surface area contributed by atoms with Gasteiger partial charge in [-0.1, -0.05) is 13.8 Å². The third kappa shape index (κ3) is 3.25. The van der Waals surface area contributed by atoms with Crippen LogP contribution < -0.4 is 5.43 Å². The number of amides is 1. The maximum absolute atomic E-state index is 12.4. The second-order valence-corrected chi connectivity index (χ2v) is 5.65.